The zero-order valence-corrected chi connectivity index (χ0v) is 17.9. The standard InChI is InChI=1S/C24H24N2O7/c27-21(4-1-5-22(28)29)25-15-6-8-16(9-7-15)33-17-10-11-19-20(13-17)24(31)26(23(19)30)14-18-3-2-12-32-18/h6-11,13,18H,1-5,12,14H2,(H,25,27)(H,28,29). The Bertz CT molecular complexity index is 1070. The van der Waals surface area contributed by atoms with Crippen molar-refractivity contribution in [1.29, 1.82) is 0 Å². The van der Waals surface area contributed by atoms with Crippen molar-refractivity contribution in [2.24, 2.45) is 0 Å². The summed E-state index contributed by atoms with van der Waals surface area (Å²) < 4.78 is 11.4. The van der Waals surface area contributed by atoms with Crippen molar-refractivity contribution in [3.8, 4) is 11.5 Å². The van der Waals surface area contributed by atoms with Crippen molar-refractivity contribution in [3.63, 3.8) is 0 Å². The third kappa shape index (κ3) is 5.38. The highest BCUT2D eigenvalue weighted by Crippen LogP contribution is 2.30. The first kappa shape index (κ1) is 22.5. The fourth-order valence-corrected chi connectivity index (χ4v) is 3.86. The van der Waals surface area contributed by atoms with Crippen LogP contribution in [0.5, 0.6) is 11.5 Å². The highest BCUT2D eigenvalue weighted by atomic mass is 16.5. The minimum Gasteiger partial charge on any atom is -0.481 e. The normalized spacial score (nSPS) is 17.2. The van der Waals surface area contributed by atoms with Crippen LogP contribution in [0.15, 0.2) is 42.5 Å². The summed E-state index contributed by atoms with van der Waals surface area (Å²) in [4.78, 5) is 49.0. The summed E-state index contributed by atoms with van der Waals surface area (Å²) >= 11 is 0. The van der Waals surface area contributed by atoms with Gasteiger partial charge in [0.25, 0.3) is 11.8 Å². The predicted molar refractivity (Wildman–Crippen MR) is 117 cm³/mol. The SMILES string of the molecule is O=C(O)CCCC(=O)Nc1ccc(Oc2ccc3c(c2)C(=O)N(CC2CCCO2)C3=O)cc1. The second kappa shape index (κ2) is 9.83. The van der Waals surface area contributed by atoms with E-state index < -0.39 is 5.97 Å². The van der Waals surface area contributed by atoms with E-state index in [-0.39, 0.29) is 49.6 Å². The van der Waals surface area contributed by atoms with Crippen LogP contribution in [0.25, 0.3) is 0 Å². The number of imide groups is 1. The van der Waals surface area contributed by atoms with Gasteiger partial charge in [-0.3, -0.25) is 24.1 Å². The molecule has 0 bridgehead atoms. The summed E-state index contributed by atoms with van der Waals surface area (Å²) in [5.74, 6) is -0.958. The van der Waals surface area contributed by atoms with Crippen LogP contribution in [0, 0.1) is 0 Å². The molecular weight excluding hydrogens is 428 g/mol. The van der Waals surface area contributed by atoms with Crippen molar-refractivity contribution in [1.82, 2.24) is 4.90 Å². The Morgan fingerprint density at radius 2 is 1.76 bits per heavy atom. The van der Waals surface area contributed by atoms with Gasteiger partial charge in [0.15, 0.2) is 0 Å². The quantitative estimate of drug-likeness (QED) is 0.559. The third-order valence-electron chi connectivity index (χ3n) is 5.52. The maximum absolute atomic E-state index is 12.8. The van der Waals surface area contributed by atoms with Gasteiger partial charge < -0.3 is 19.9 Å². The fraction of sp³-hybridized carbons (Fsp3) is 0.333. The van der Waals surface area contributed by atoms with E-state index in [0.717, 1.165) is 12.8 Å². The summed E-state index contributed by atoms with van der Waals surface area (Å²) in [5, 5.41) is 11.3. The molecule has 2 aromatic carbocycles. The number of rotatable bonds is 9. The Balaban J connectivity index is 1.36. The summed E-state index contributed by atoms with van der Waals surface area (Å²) in [6, 6.07) is 11.4. The zero-order chi connectivity index (χ0) is 23.4. The number of amides is 3. The van der Waals surface area contributed by atoms with Gasteiger partial charge in [-0.2, -0.15) is 0 Å². The van der Waals surface area contributed by atoms with E-state index >= 15 is 0 Å². The average Bonchev–Trinajstić information content (AvgIpc) is 3.38. The van der Waals surface area contributed by atoms with Gasteiger partial charge in [0.1, 0.15) is 11.5 Å². The highest BCUT2D eigenvalue weighted by Gasteiger charge is 2.37. The lowest BCUT2D eigenvalue weighted by Gasteiger charge is -2.17. The number of fused-ring (bicyclic) bond motifs is 1. The molecule has 0 aromatic heterocycles. The highest BCUT2D eigenvalue weighted by molar-refractivity contribution is 6.21. The average molecular weight is 452 g/mol. The minimum absolute atomic E-state index is 0.0544. The van der Waals surface area contributed by atoms with Gasteiger partial charge in [-0.25, -0.2) is 0 Å². The lowest BCUT2D eigenvalue weighted by atomic mass is 10.1. The number of ether oxygens (including phenoxy) is 2. The molecule has 9 nitrogen and oxygen atoms in total. The summed E-state index contributed by atoms with van der Waals surface area (Å²) in [5.41, 5.74) is 1.22. The first-order chi connectivity index (χ1) is 15.9. The molecule has 4 rings (SSSR count). The number of carboxylic acids is 1. The molecule has 1 fully saturated rings. The topological polar surface area (TPSA) is 122 Å². The van der Waals surface area contributed by atoms with Crippen LogP contribution in [-0.4, -0.2) is 53.0 Å². The summed E-state index contributed by atoms with van der Waals surface area (Å²) in [6.07, 6.45) is 1.99. The van der Waals surface area contributed by atoms with Crippen LogP contribution in [0.4, 0.5) is 5.69 Å². The molecule has 1 atom stereocenters. The van der Waals surface area contributed by atoms with Crippen LogP contribution in [0.1, 0.15) is 52.8 Å². The molecule has 0 radical (unpaired) electrons. The first-order valence-electron chi connectivity index (χ1n) is 10.8. The molecule has 2 heterocycles. The molecule has 2 aromatic rings. The van der Waals surface area contributed by atoms with Crippen molar-refractivity contribution in [2.45, 2.75) is 38.2 Å². The maximum Gasteiger partial charge on any atom is 0.303 e. The number of carboxylic acid groups (broad SMARTS) is 1. The van der Waals surface area contributed by atoms with Gasteiger partial charge in [0.2, 0.25) is 5.91 Å². The molecule has 0 aliphatic carbocycles. The number of benzene rings is 2. The van der Waals surface area contributed by atoms with E-state index in [1.807, 2.05) is 0 Å². The van der Waals surface area contributed by atoms with Crippen molar-refractivity contribution >= 4 is 29.4 Å². The molecule has 0 saturated carbocycles. The lowest BCUT2D eigenvalue weighted by molar-refractivity contribution is -0.137. The Morgan fingerprint density at radius 3 is 2.45 bits per heavy atom. The number of carbonyl (C=O) groups excluding carboxylic acids is 3. The predicted octanol–water partition coefficient (Wildman–Crippen LogP) is 3.45. The monoisotopic (exact) mass is 452 g/mol. The molecule has 2 aliphatic rings. The van der Waals surface area contributed by atoms with Crippen molar-refractivity contribution < 1.29 is 33.8 Å². The van der Waals surface area contributed by atoms with E-state index in [1.54, 1.807) is 42.5 Å². The molecular formula is C24H24N2O7. The smallest absolute Gasteiger partial charge is 0.303 e. The number of hydrogen-bond acceptors (Lipinski definition) is 6. The number of carbonyl (C=O) groups is 4. The van der Waals surface area contributed by atoms with Gasteiger partial charge in [-0.1, -0.05) is 0 Å². The first-order valence-corrected chi connectivity index (χ1v) is 10.8. The Hall–Kier alpha value is -3.72. The van der Waals surface area contributed by atoms with Crippen LogP contribution in [-0.2, 0) is 14.3 Å². The Kier molecular flexibility index (Phi) is 6.69. The summed E-state index contributed by atoms with van der Waals surface area (Å²) in [6.45, 7) is 0.908. The van der Waals surface area contributed by atoms with Crippen LogP contribution in [0.2, 0.25) is 0 Å². The molecule has 0 spiro atoms. The largest absolute Gasteiger partial charge is 0.481 e. The Labute approximate surface area is 190 Å². The van der Waals surface area contributed by atoms with E-state index in [1.165, 1.54) is 4.90 Å². The molecule has 172 valence electrons. The maximum atomic E-state index is 12.8. The summed E-state index contributed by atoms with van der Waals surface area (Å²) in [7, 11) is 0. The molecule has 1 saturated heterocycles. The number of anilines is 1. The Morgan fingerprint density at radius 1 is 1.03 bits per heavy atom. The van der Waals surface area contributed by atoms with E-state index in [9.17, 15) is 19.2 Å². The van der Waals surface area contributed by atoms with Gasteiger partial charge in [0.05, 0.1) is 23.8 Å². The van der Waals surface area contributed by atoms with E-state index in [0.29, 0.717) is 34.9 Å². The molecule has 9 heteroatoms. The van der Waals surface area contributed by atoms with Crippen molar-refractivity contribution in [3.05, 3.63) is 53.6 Å². The number of hydrogen-bond donors (Lipinski definition) is 2. The van der Waals surface area contributed by atoms with Gasteiger partial charge in [0, 0.05) is 25.1 Å². The van der Waals surface area contributed by atoms with Gasteiger partial charge in [-0.15, -0.1) is 0 Å². The zero-order valence-electron chi connectivity index (χ0n) is 17.9. The van der Waals surface area contributed by atoms with Crippen LogP contribution in [0.3, 0.4) is 0 Å². The third-order valence-corrected chi connectivity index (χ3v) is 5.52. The van der Waals surface area contributed by atoms with Gasteiger partial charge >= 0.3 is 5.97 Å². The fourth-order valence-electron chi connectivity index (χ4n) is 3.86. The minimum atomic E-state index is -0.933. The molecule has 1 unspecified atom stereocenters. The second-order valence-electron chi connectivity index (χ2n) is 7.99. The lowest BCUT2D eigenvalue weighted by Crippen LogP contribution is -2.36. The van der Waals surface area contributed by atoms with Crippen LogP contribution < -0.4 is 10.1 Å². The number of aliphatic carboxylic acids is 1. The molecule has 2 aliphatic heterocycles. The van der Waals surface area contributed by atoms with Gasteiger partial charge in [-0.05, 0) is 61.7 Å². The molecule has 33 heavy (non-hydrogen) atoms. The van der Waals surface area contributed by atoms with Crippen LogP contribution >= 0.6 is 0 Å². The second-order valence-corrected chi connectivity index (χ2v) is 7.99. The molecule has 2 N–H and O–H groups in total. The number of nitrogens with one attached hydrogen (secondary N) is 1. The van der Waals surface area contributed by atoms with Crippen molar-refractivity contribution in [2.75, 3.05) is 18.5 Å². The molecule has 3 amide bonds. The van der Waals surface area contributed by atoms with E-state index in [2.05, 4.69) is 5.32 Å². The van der Waals surface area contributed by atoms with E-state index in [4.69, 9.17) is 14.6 Å². The number of nitrogens with zero attached hydrogens (tertiary/aromatic N) is 1.